The van der Waals surface area contributed by atoms with Crippen molar-refractivity contribution in [2.24, 2.45) is 0 Å². The Labute approximate surface area is 171 Å². The minimum absolute atomic E-state index is 0. The molecule has 23 heavy (non-hydrogen) atoms. The Morgan fingerprint density at radius 1 is 0.652 bits per heavy atom. The Kier molecular flexibility index (Phi) is 34.2. The van der Waals surface area contributed by atoms with Crippen LogP contribution in [0.4, 0.5) is 0 Å². The van der Waals surface area contributed by atoms with Gasteiger partial charge in [-0.15, -0.1) is 0 Å². The molecule has 5 heteroatoms. The number of aliphatic carboxylic acids is 1. The minimum atomic E-state index is -0.653. The summed E-state index contributed by atoms with van der Waals surface area (Å²) in [7, 11) is 0. The fourth-order valence-electron chi connectivity index (χ4n) is 2.65. The van der Waals surface area contributed by atoms with E-state index in [4.69, 9.17) is 8.43 Å². The quantitative estimate of drug-likeness (QED) is 0.295. The Hall–Kier alpha value is 0.751. The zero-order chi connectivity index (χ0) is 16.9. The summed E-state index contributed by atoms with van der Waals surface area (Å²) < 4.78 is 8.25. The van der Waals surface area contributed by atoms with Gasteiger partial charge in [-0.2, -0.15) is 0 Å². The van der Waals surface area contributed by atoms with Gasteiger partial charge < -0.3 is 5.11 Å². The summed E-state index contributed by atoms with van der Waals surface area (Å²) in [6.07, 6.45) is 20.2. The zero-order valence-corrected chi connectivity index (χ0v) is 16.1. The molecule has 0 aliphatic carbocycles. The van der Waals surface area contributed by atoms with Crippen LogP contribution in [0.2, 0.25) is 0 Å². The van der Waals surface area contributed by atoms with Crippen LogP contribution in [-0.4, -0.2) is 34.1 Å². The van der Waals surface area contributed by atoms with Gasteiger partial charge >= 0.3 is 52.8 Å². The summed E-state index contributed by atoms with van der Waals surface area (Å²) in [5, 5.41) is 8.52. The first-order chi connectivity index (χ1) is 10.8. The van der Waals surface area contributed by atoms with E-state index in [-0.39, 0.29) is 23.1 Å². The summed E-state index contributed by atoms with van der Waals surface area (Å²) in [6.45, 7) is 2.27. The first kappa shape index (κ1) is 28.5. The Morgan fingerprint density at radius 2 is 0.913 bits per heavy atom. The fraction of sp³-hybridized carbons (Fsp3) is 0.944. The average Bonchev–Trinajstić information content (AvgIpc) is 2.53. The number of unbranched alkanes of at least 4 members (excludes halogenated alkanes) is 14. The summed E-state index contributed by atoms with van der Waals surface area (Å²) in [5.74, 6) is -0.653. The molecule has 0 aromatic heterocycles. The van der Waals surface area contributed by atoms with Crippen LogP contribution >= 0.6 is 0 Å². The number of hydrogen-bond donors (Lipinski definition) is 1. The van der Waals surface area contributed by atoms with Crippen LogP contribution in [0.5, 0.6) is 0 Å². The molecular formula is C18H38MgO3Ti. The molecule has 0 fully saturated rings. The number of rotatable bonds is 16. The molecule has 3 nitrogen and oxygen atoms in total. The van der Waals surface area contributed by atoms with E-state index in [1.807, 2.05) is 0 Å². The van der Waals surface area contributed by atoms with Crippen LogP contribution in [0.15, 0.2) is 0 Å². The Balaban J connectivity index is -0.00000128. The topological polar surface area (TPSA) is 54.4 Å². The standard InChI is InChI=1S/C18H36O2.Mg.O.Ti.2H/c1-2-3-4-5-6-7-8-9-10-11-12-13-14-15-16-17-18(19)20;;;;;/h2-17H2,1H3,(H,19,20);;;;;. The second-order valence-electron chi connectivity index (χ2n) is 6.09. The van der Waals surface area contributed by atoms with Crippen molar-refractivity contribution in [1.82, 2.24) is 0 Å². The van der Waals surface area contributed by atoms with E-state index >= 15 is 0 Å². The van der Waals surface area contributed by atoms with Gasteiger partial charge in [0.25, 0.3) is 0 Å². The molecule has 0 aromatic carbocycles. The van der Waals surface area contributed by atoms with Gasteiger partial charge in [0.05, 0.1) is 0 Å². The van der Waals surface area contributed by atoms with Gasteiger partial charge in [-0.1, -0.05) is 96.8 Å². The summed E-state index contributed by atoms with van der Waals surface area (Å²) in [4.78, 5) is 10.3. The molecule has 0 unspecified atom stereocenters. The molecule has 0 amide bonds. The van der Waals surface area contributed by atoms with E-state index in [0.29, 0.717) is 6.42 Å². The van der Waals surface area contributed by atoms with Crippen LogP contribution < -0.4 is 0 Å². The van der Waals surface area contributed by atoms with E-state index in [9.17, 15) is 4.79 Å². The second kappa shape index (κ2) is 27.6. The van der Waals surface area contributed by atoms with Crippen molar-refractivity contribution < 1.29 is 33.6 Å². The Morgan fingerprint density at radius 3 is 1.17 bits per heavy atom. The SMILES string of the molecule is CCCCCCCCCCCCCCCCCC(=O)O.[MgH2].[O]=[Ti]. The molecule has 1 N–H and O–H groups in total. The monoisotopic (exact) mass is 374 g/mol. The summed E-state index contributed by atoms with van der Waals surface area (Å²) in [5.41, 5.74) is 0. The number of hydrogen-bond acceptors (Lipinski definition) is 2. The van der Waals surface area contributed by atoms with Crippen molar-refractivity contribution >= 4 is 29.0 Å². The first-order valence-electron chi connectivity index (χ1n) is 9.19. The van der Waals surface area contributed by atoms with Crippen molar-refractivity contribution in [3.8, 4) is 0 Å². The molecule has 0 atom stereocenters. The molecule has 134 valence electrons. The van der Waals surface area contributed by atoms with Gasteiger partial charge in [0.2, 0.25) is 0 Å². The molecule has 0 bridgehead atoms. The van der Waals surface area contributed by atoms with Crippen molar-refractivity contribution in [3.05, 3.63) is 0 Å². The maximum absolute atomic E-state index is 10.3. The van der Waals surface area contributed by atoms with Gasteiger partial charge in [0.1, 0.15) is 0 Å². The molecule has 0 aliphatic rings. The third kappa shape index (κ3) is 31.1. The number of carbonyl (C=O) groups is 1. The molecule has 0 aromatic rings. The van der Waals surface area contributed by atoms with Crippen LogP contribution in [0.1, 0.15) is 110 Å². The van der Waals surface area contributed by atoms with E-state index in [2.05, 4.69) is 6.92 Å². The first-order valence-corrected chi connectivity index (χ1v) is 9.83. The van der Waals surface area contributed by atoms with Crippen molar-refractivity contribution in [3.63, 3.8) is 0 Å². The third-order valence-electron chi connectivity index (χ3n) is 3.99. The molecule has 0 saturated heterocycles. The third-order valence-corrected chi connectivity index (χ3v) is 3.99. The molecule has 0 aliphatic heterocycles. The molecule has 0 heterocycles. The predicted octanol–water partition coefficient (Wildman–Crippen LogP) is 5.30. The second-order valence-corrected chi connectivity index (χ2v) is 6.09. The van der Waals surface area contributed by atoms with Gasteiger partial charge in [-0.25, -0.2) is 0 Å². The molecule has 0 spiro atoms. The fourth-order valence-corrected chi connectivity index (χ4v) is 2.65. The molecule has 0 saturated carbocycles. The maximum atomic E-state index is 10.3. The average molecular weight is 375 g/mol. The van der Waals surface area contributed by atoms with Crippen molar-refractivity contribution in [1.29, 1.82) is 0 Å². The predicted molar refractivity (Wildman–Crippen MR) is 96.4 cm³/mol. The Bertz CT molecular complexity index is 228. The van der Waals surface area contributed by atoms with Crippen molar-refractivity contribution in [2.45, 2.75) is 110 Å². The molecular weight excluding hydrogens is 336 g/mol. The van der Waals surface area contributed by atoms with E-state index in [1.165, 1.54) is 83.5 Å². The zero-order valence-electron chi connectivity index (χ0n) is 14.6. The number of carboxylic acids is 1. The van der Waals surface area contributed by atoms with E-state index in [1.54, 1.807) is 0 Å². The van der Waals surface area contributed by atoms with Crippen molar-refractivity contribution in [2.75, 3.05) is 0 Å². The van der Waals surface area contributed by atoms with Gasteiger partial charge in [-0.3, -0.25) is 4.79 Å². The molecule has 0 rings (SSSR count). The number of carboxylic acid groups (broad SMARTS) is 1. The normalized spacial score (nSPS) is 9.57. The van der Waals surface area contributed by atoms with Crippen LogP contribution in [0.25, 0.3) is 0 Å². The summed E-state index contributed by atoms with van der Waals surface area (Å²) >= 11 is 0.750. The summed E-state index contributed by atoms with van der Waals surface area (Å²) in [6, 6.07) is 0. The van der Waals surface area contributed by atoms with Crippen LogP contribution in [0.3, 0.4) is 0 Å². The van der Waals surface area contributed by atoms with Gasteiger partial charge in [-0.05, 0) is 6.42 Å². The van der Waals surface area contributed by atoms with Crippen LogP contribution in [0, 0.1) is 0 Å². The van der Waals surface area contributed by atoms with E-state index < -0.39 is 5.97 Å². The molecule has 0 radical (unpaired) electrons. The van der Waals surface area contributed by atoms with Gasteiger partial charge in [0, 0.05) is 6.42 Å². The van der Waals surface area contributed by atoms with Gasteiger partial charge in [0.15, 0.2) is 0 Å². The van der Waals surface area contributed by atoms with E-state index in [0.717, 1.165) is 33.2 Å². The van der Waals surface area contributed by atoms with Crippen LogP contribution in [-0.2, 0) is 28.5 Å².